The number of hydrogen-bond donors (Lipinski definition) is 1. The van der Waals surface area contributed by atoms with E-state index in [-0.39, 0.29) is 11.7 Å². The fraction of sp³-hybridized carbons (Fsp3) is 0.154. The first-order valence-corrected chi connectivity index (χ1v) is 5.34. The molecule has 0 aliphatic carbocycles. The van der Waals surface area contributed by atoms with Gasteiger partial charge in [-0.3, -0.25) is 0 Å². The minimum absolute atomic E-state index is 0.278. The third-order valence-corrected chi connectivity index (χ3v) is 2.42. The maximum atomic E-state index is 13.3. The molecule has 0 saturated carbocycles. The summed E-state index contributed by atoms with van der Waals surface area (Å²) in [6, 6.07) is 7.82. The molecule has 0 amide bonds. The maximum Gasteiger partial charge on any atom is 0.240 e. The van der Waals surface area contributed by atoms with Crippen molar-refractivity contribution in [1.29, 1.82) is 0 Å². The Labute approximate surface area is 104 Å². The number of halogens is 1. The lowest BCUT2D eigenvalue weighted by Crippen LogP contribution is -1.97. The molecule has 4 nitrogen and oxygen atoms in total. The molecule has 0 radical (unpaired) electrons. The van der Waals surface area contributed by atoms with E-state index in [1.807, 2.05) is 0 Å². The van der Waals surface area contributed by atoms with Crippen molar-refractivity contribution in [3.63, 3.8) is 0 Å². The lowest BCUT2D eigenvalue weighted by atomic mass is 10.2. The first kappa shape index (κ1) is 12.2. The van der Waals surface area contributed by atoms with Crippen LogP contribution in [0.3, 0.4) is 0 Å². The lowest BCUT2D eigenvalue weighted by Gasteiger charge is -2.08. The summed E-state index contributed by atoms with van der Waals surface area (Å²) in [6.07, 6.45) is 0. The van der Waals surface area contributed by atoms with Gasteiger partial charge in [-0.15, -0.1) is 0 Å². The summed E-state index contributed by atoms with van der Waals surface area (Å²) in [6.45, 7) is 1.68. The van der Waals surface area contributed by atoms with E-state index in [1.165, 1.54) is 13.2 Å². The van der Waals surface area contributed by atoms with Gasteiger partial charge in [0.1, 0.15) is 11.6 Å². The van der Waals surface area contributed by atoms with Crippen LogP contribution in [0.1, 0.15) is 5.56 Å². The van der Waals surface area contributed by atoms with E-state index in [1.54, 1.807) is 31.2 Å². The zero-order chi connectivity index (χ0) is 13.1. The zero-order valence-corrected chi connectivity index (χ0v) is 10.1. The second kappa shape index (κ2) is 4.91. The number of benzene rings is 1. The number of anilines is 1. The van der Waals surface area contributed by atoms with Crippen molar-refractivity contribution in [3.8, 4) is 17.5 Å². The molecular weight excluding hydrogens is 235 g/mol. The predicted molar refractivity (Wildman–Crippen MR) is 66.4 cm³/mol. The van der Waals surface area contributed by atoms with Crippen LogP contribution in [0.4, 0.5) is 10.1 Å². The minimum atomic E-state index is -0.324. The normalized spacial score (nSPS) is 10.2. The summed E-state index contributed by atoms with van der Waals surface area (Å²) < 4.78 is 23.7. The van der Waals surface area contributed by atoms with E-state index < -0.39 is 0 Å². The van der Waals surface area contributed by atoms with Crippen molar-refractivity contribution in [2.24, 2.45) is 0 Å². The Morgan fingerprint density at radius 1 is 1.22 bits per heavy atom. The predicted octanol–water partition coefficient (Wildman–Crippen LogP) is 2.91. The van der Waals surface area contributed by atoms with E-state index in [4.69, 9.17) is 15.2 Å². The fourth-order valence-electron chi connectivity index (χ4n) is 1.41. The Kier molecular flexibility index (Phi) is 3.32. The van der Waals surface area contributed by atoms with Gasteiger partial charge in [-0.2, -0.15) is 4.98 Å². The molecule has 5 heteroatoms. The molecule has 18 heavy (non-hydrogen) atoms. The molecule has 2 rings (SSSR count). The molecule has 0 atom stereocenters. The number of pyridine rings is 1. The molecule has 1 aromatic carbocycles. The lowest BCUT2D eigenvalue weighted by molar-refractivity contribution is 0.385. The van der Waals surface area contributed by atoms with Crippen LogP contribution < -0.4 is 15.2 Å². The number of nitrogens with two attached hydrogens (primary N) is 1. The molecular formula is C13H13FN2O2. The van der Waals surface area contributed by atoms with Gasteiger partial charge in [-0.25, -0.2) is 4.39 Å². The number of nitrogen functional groups attached to an aromatic ring is 1. The van der Waals surface area contributed by atoms with Crippen molar-refractivity contribution in [3.05, 3.63) is 41.7 Å². The van der Waals surface area contributed by atoms with Crippen LogP contribution in [0.15, 0.2) is 30.3 Å². The SMILES string of the molecule is COc1nc(Oc2ccc(C)c(F)c2)ccc1N. The number of methoxy groups -OCH3 is 1. The average Bonchev–Trinajstić information content (AvgIpc) is 2.36. The van der Waals surface area contributed by atoms with Crippen LogP contribution in [0, 0.1) is 12.7 Å². The molecule has 1 aromatic heterocycles. The highest BCUT2D eigenvalue weighted by atomic mass is 19.1. The van der Waals surface area contributed by atoms with Gasteiger partial charge in [0.05, 0.1) is 12.8 Å². The van der Waals surface area contributed by atoms with Gasteiger partial charge in [0.2, 0.25) is 11.8 Å². The van der Waals surface area contributed by atoms with Crippen molar-refractivity contribution < 1.29 is 13.9 Å². The molecule has 0 saturated heterocycles. The molecule has 2 aromatic rings. The fourth-order valence-corrected chi connectivity index (χ4v) is 1.41. The van der Waals surface area contributed by atoms with Gasteiger partial charge in [0.25, 0.3) is 0 Å². The quantitative estimate of drug-likeness (QED) is 0.907. The highest BCUT2D eigenvalue weighted by molar-refractivity contribution is 5.49. The molecule has 0 spiro atoms. The van der Waals surface area contributed by atoms with Crippen molar-refractivity contribution in [2.75, 3.05) is 12.8 Å². The largest absolute Gasteiger partial charge is 0.479 e. The van der Waals surface area contributed by atoms with Gasteiger partial charge < -0.3 is 15.2 Å². The molecule has 0 bridgehead atoms. The Bertz CT molecular complexity index is 573. The van der Waals surface area contributed by atoms with Crippen LogP contribution in [-0.2, 0) is 0 Å². The van der Waals surface area contributed by atoms with Gasteiger partial charge >= 0.3 is 0 Å². The Morgan fingerprint density at radius 3 is 2.67 bits per heavy atom. The summed E-state index contributed by atoms with van der Waals surface area (Å²) in [5.74, 6) is 0.622. The molecule has 94 valence electrons. The first-order chi connectivity index (χ1) is 8.60. The second-order valence-electron chi connectivity index (χ2n) is 3.76. The van der Waals surface area contributed by atoms with E-state index in [0.29, 0.717) is 22.9 Å². The maximum absolute atomic E-state index is 13.3. The van der Waals surface area contributed by atoms with Gasteiger partial charge in [0.15, 0.2) is 0 Å². The van der Waals surface area contributed by atoms with E-state index >= 15 is 0 Å². The number of aromatic nitrogens is 1. The Morgan fingerprint density at radius 2 is 2.00 bits per heavy atom. The van der Waals surface area contributed by atoms with E-state index in [9.17, 15) is 4.39 Å². The van der Waals surface area contributed by atoms with Crippen LogP contribution >= 0.6 is 0 Å². The molecule has 0 aliphatic heterocycles. The third kappa shape index (κ3) is 2.51. The molecule has 1 heterocycles. The van der Waals surface area contributed by atoms with Crippen LogP contribution in [0.5, 0.6) is 17.5 Å². The number of ether oxygens (including phenoxy) is 2. The standard InChI is InChI=1S/C13H13FN2O2/c1-8-3-4-9(7-10(8)14)18-12-6-5-11(15)13(16-12)17-2/h3-7H,15H2,1-2H3. The van der Waals surface area contributed by atoms with Gasteiger partial charge in [0, 0.05) is 12.1 Å². The number of nitrogens with zero attached hydrogens (tertiary/aromatic N) is 1. The zero-order valence-electron chi connectivity index (χ0n) is 10.1. The summed E-state index contributed by atoms with van der Waals surface area (Å²) in [7, 11) is 1.47. The van der Waals surface area contributed by atoms with Crippen LogP contribution in [0.25, 0.3) is 0 Å². The first-order valence-electron chi connectivity index (χ1n) is 5.34. The Balaban J connectivity index is 2.25. The number of hydrogen-bond acceptors (Lipinski definition) is 4. The summed E-state index contributed by atoms with van der Waals surface area (Å²) in [4.78, 5) is 4.05. The van der Waals surface area contributed by atoms with Crippen molar-refractivity contribution >= 4 is 5.69 Å². The topological polar surface area (TPSA) is 57.4 Å². The van der Waals surface area contributed by atoms with E-state index in [0.717, 1.165) is 0 Å². The summed E-state index contributed by atoms with van der Waals surface area (Å²) in [5, 5.41) is 0. The van der Waals surface area contributed by atoms with E-state index in [2.05, 4.69) is 4.98 Å². The third-order valence-electron chi connectivity index (χ3n) is 2.42. The highest BCUT2D eigenvalue weighted by Crippen LogP contribution is 2.26. The minimum Gasteiger partial charge on any atom is -0.479 e. The van der Waals surface area contributed by atoms with Crippen molar-refractivity contribution in [2.45, 2.75) is 6.92 Å². The average molecular weight is 248 g/mol. The number of rotatable bonds is 3. The summed E-state index contributed by atoms with van der Waals surface area (Å²) >= 11 is 0. The monoisotopic (exact) mass is 248 g/mol. The van der Waals surface area contributed by atoms with Crippen LogP contribution in [0.2, 0.25) is 0 Å². The summed E-state index contributed by atoms with van der Waals surface area (Å²) in [5.41, 5.74) is 6.61. The van der Waals surface area contributed by atoms with Crippen LogP contribution in [-0.4, -0.2) is 12.1 Å². The molecule has 0 fully saturated rings. The van der Waals surface area contributed by atoms with Gasteiger partial charge in [-0.1, -0.05) is 6.07 Å². The smallest absolute Gasteiger partial charge is 0.240 e. The number of aryl methyl sites for hydroxylation is 1. The molecule has 2 N–H and O–H groups in total. The molecule has 0 aliphatic rings. The van der Waals surface area contributed by atoms with Gasteiger partial charge in [-0.05, 0) is 24.6 Å². The van der Waals surface area contributed by atoms with Crippen molar-refractivity contribution in [1.82, 2.24) is 4.98 Å². The second-order valence-corrected chi connectivity index (χ2v) is 3.76. The molecule has 0 unspecified atom stereocenters. The highest BCUT2D eigenvalue weighted by Gasteiger charge is 2.06. The Hall–Kier alpha value is -2.30.